The quantitative estimate of drug-likeness (QED) is 0.635. The molecule has 1 aromatic carbocycles. The van der Waals surface area contributed by atoms with Gasteiger partial charge in [-0.1, -0.05) is 38.1 Å². The number of piperazine rings is 1. The van der Waals surface area contributed by atoms with Gasteiger partial charge in [-0.2, -0.15) is 0 Å². The van der Waals surface area contributed by atoms with Crippen molar-refractivity contribution in [1.82, 2.24) is 9.80 Å². The van der Waals surface area contributed by atoms with Gasteiger partial charge in [-0.15, -0.1) is 0 Å². The molecular formula is C16H26N4. The lowest BCUT2D eigenvalue weighted by atomic mass is 10.1. The number of hydrogen-bond acceptors (Lipinski definition) is 3. The van der Waals surface area contributed by atoms with E-state index in [0.717, 1.165) is 49.8 Å². The van der Waals surface area contributed by atoms with Crippen LogP contribution in [0.5, 0.6) is 0 Å². The average molecular weight is 274 g/mol. The normalized spacial score (nSPS) is 17.6. The van der Waals surface area contributed by atoms with Crippen LogP contribution in [0.1, 0.15) is 25.0 Å². The van der Waals surface area contributed by atoms with Gasteiger partial charge in [-0.25, -0.2) is 0 Å². The van der Waals surface area contributed by atoms with Crippen molar-refractivity contribution in [3.8, 4) is 0 Å². The van der Waals surface area contributed by atoms with E-state index in [1.807, 2.05) is 18.2 Å². The summed E-state index contributed by atoms with van der Waals surface area (Å²) in [5.74, 6) is 0.902. The summed E-state index contributed by atoms with van der Waals surface area (Å²) >= 11 is 0. The molecule has 0 radical (unpaired) electrons. The fraction of sp³-hybridized carbons (Fsp3) is 0.562. The molecule has 110 valence electrons. The Bertz CT molecular complexity index is 448. The Balaban J connectivity index is 1.91. The van der Waals surface area contributed by atoms with Gasteiger partial charge in [0.2, 0.25) is 0 Å². The van der Waals surface area contributed by atoms with Gasteiger partial charge in [-0.05, 0) is 11.5 Å². The predicted molar refractivity (Wildman–Crippen MR) is 84.0 cm³/mol. The highest BCUT2D eigenvalue weighted by molar-refractivity contribution is 5.96. The largest absolute Gasteiger partial charge is 0.384 e. The van der Waals surface area contributed by atoms with Crippen LogP contribution >= 0.6 is 0 Å². The zero-order valence-corrected chi connectivity index (χ0v) is 12.6. The topological polar surface area (TPSA) is 56.4 Å². The average Bonchev–Trinajstić information content (AvgIpc) is 2.41. The number of amidine groups is 1. The molecule has 0 spiro atoms. The zero-order chi connectivity index (χ0) is 14.5. The molecule has 4 nitrogen and oxygen atoms in total. The molecule has 0 unspecified atom stereocenters. The van der Waals surface area contributed by atoms with E-state index in [1.165, 1.54) is 6.54 Å². The SMILES string of the molecule is CC(C)CN1CCN(Cc2ccccc2C(=N)N)CC1. The van der Waals surface area contributed by atoms with Crippen LogP contribution in [0.4, 0.5) is 0 Å². The van der Waals surface area contributed by atoms with E-state index in [2.05, 4.69) is 29.7 Å². The van der Waals surface area contributed by atoms with Crippen molar-refractivity contribution in [2.75, 3.05) is 32.7 Å². The molecule has 0 atom stereocenters. The fourth-order valence-electron chi connectivity index (χ4n) is 2.81. The van der Waals surface area contributed by atoms with E-state index in [1.54, 1.807) is 0 Å². The van der Waals surface area contributed by atoms with E-state index < -0.39 is 0 Å². The smallest absolute Gasteiger partial charge is 0.123 e. The summed E-state index contributed by atoms with van der Waals surface area (Å²) in [7, 11) is 0. The summed E-state index contributed by atoms with van der Waals surface area (Å²) in [5, 5.41) is 7.65. The van der Waals surface area contributed by atoms with E-state index in [-0.39, 0.29) is 5.84 Å². The highest BCUT2D eigenvalue weighted by Crippen LogP contribution is 2.13. The first-order chi connectivity index (χ1) is 9.56. The number of rotatable bonds is 5. The third-order valence-corrected chi connectivity index (χ3v) is 3.79. The second-order valence-corrected chi connectivity index (χ2v) is 6.04. The third-order valence-electron chi connectivity index (χ3n) is 3.79. The van der Waals surface area contributed by atoms with Gasteiger partial charge in [0.05, 0.1) is 0 Å². The third kappa shape index (κ3) is 4.05. The first-order valence-electron chi connectivity index (χ1n) is 7.43. The van der Waals surface area contributed by atoms with Gasteiger partial charge in [0.15, 0.2) is 0 Å². The Hall–Kier alpha value is -1.39. The minimum absolute atomic E-state index is 0.166. The molecule has 4 heteroatoms. The van der Waals surface area contributed by atoms with Crippen LogP contribution in [0.2, 0.25) is 0 Å². The Kier molecular flexibility index (Phi) is 5.15. The number of nitrogens with two attached hydrogens (primary N) is 1. The number of nitrogens with zero attached hydrogens (tertiary/aromatic N) is 2. The second kappa shape index (κ2) is 6.86. The predicted octanol–water partition coefficient (Wildman–Crippen LogP) is 1.74. The summed E-state index contributed by atoms with van der Waals surface area (Å²) < 4.78 is 0. The maximum atomic E-state index is 7.65. The van der Waals surface area contributed by atoms with E-state index in [4.69, 9.17) is 11.1 Å². The maximum Gasteiger partial charge on any atom is 0.123 e. The van der Waals surface area contributed by atoms with Crippen LogP contribution < -0.4 is 5.73 Å². The van der Waals surface area contributed by atoms with E-state index in [0.29, 0.717) is 0 Å². The molecular weight excluding hydrogens is 248 g/mol. The molecule has 0 saturated carbocycles. The Morgan fingerprint density at radius 2 is 1.75 bits per heavy atom. The van der Waals surface area contributed by atoms with Gasteiger partial charge < -0.3 is 10.6 Å². The fourth-order valence-corrected chi connectivity index (χ4v) is 2.81. The molecule has 2 rings (SSSR count). The molecule has 1 aromatic rings. The van der Waals surface area contributed by atoms with Crippen LogP contribution in [-0.2, 0) is 6.54 Å². The lowest BCUT2D eigenvalue weighted by Crippen LogP contribution is -2.47. The zero-order valence-electron chi connectivity index (χ0n) is 12.6. The Morgan fingerprint density at radius 3 is 2.35 bits per heavy atom. The Labute approximate surface area is 122 Å². The molecule has 0 amide bonds. The van der Waals surface area contributed by atoms with Crippen LogP contribution in [0.25, 0.3) is 0 Å². The van der Waals surface area contributed by atoms with Crippen molar-refractivity contribution in [2.24, 2.45) is 11.7 Å². The van der Waals surface area contributed by atoms with Crippen LogP contribution in [0, 0.1) is 11.3 Å². The summed E-state index contributed by atoms with van der Waals surface area (Å²) in [6.07, 6.45) is 0. The molecule has 1 fully saturated rings. The van der Waals surface area contributed by atoms with Crippen molar-refractivity contribution in [3.05, 3.63) is 35.4 Å². The molecule has 0 aromatic heterocycles. The van der Waals surface area contributed by atoms with Gasteiger partial charge >= 0.3 is 0 Å². The second-order valence-electron chi connectivity index (χ2n) is 6.04. The van der Waals surface area contributed by atoms with Crippen molar-refractivity contribution < 1.29 is 0 Å². The van der Waals surface area contributed by atoms with Crippen LogP contribution in [-0.4, -0.2) is 48.4 Å². The van der Waals surface area contributed by atoms with Crippen LogP contribution in [0.15, 0.2) is 24.3 Å². The van der Waals surface area contributed by atoms with E-state index in [9.17, 15) is 0 Å². The minimum Gasteiger partial charge on any atom is -0.384 e. The minimum atomic E-state index is 0.166. The lowest BCUT2D eigenvalue weighted by molar-refractivity contribution is 0.117. The summed E-state index contributed by atoms with van der Waals surface area (Å²) in [4.78, 5) is 5.00. The van der Waals surface area contributed by atoms with Gasteiger partial charge in [-0.3, -0.25) is 10.3 Å². The Morgan fingerprint density at radius 1 is 1.15 bits per heavy atom. The summed E-state index contributed by atoms with van der Waals surface area (Å²) in [6, 6.07) is 7.99. The molecule has 3 N–H and O–H groups in total. The van der Waals surface area contributed by atoms with Gasteiger partial charge in [0, 0.05) is 44.8 Å². The molecule has 1 aliphatic rings. The molecule has 1 saturated heterocycles. The van der Waals surface area contributed by atoms with Crippen LogP contribution in [0.3, 0.4) is 0 Å². The number of benzene rings is 1. The number of nitrogen functional groups attached to an aromatic ring is 1. The molecule has 20 heavy (non-hydrogen) atoms. The number of hydrogen-bond donors (Lipinski definition) is 2. The first kappa shape index (κ1) is 15.0. The highest BCUT2D eigenvalue weighted by Gasteiger charge is 2.18. The monoisotopic (exact) mass is 274 g/mol. The maximum absolute atomic E-state index is 7.65. The van der Waals surface area contributed by atoms with Crippen molar-refractivity contribution in [1.29, 1.82) is 5.41 Å². The summed E-state index contributed by atoms with van der Waals surface area (Å²) in [6.45, 7) is 11.1. The van der Waals surface area contributed by atoms with Gasteiger partial charge in [0.1, 0.15) is 5.84 Å². The van der Waals surface area contributed by atoms with Crippen molar-refractivity contribution in [2.45, 2.75) is 20.4 Å². The molecule has 1 heterocycles. The molecule has 0 bridgehead atoms. The first-order valence-corrected chi connectivity index (χ1v) is 7.43. The van der Waals surface area contributed by atoms with Crippen molar-refractivity contribution >= 4 is 5.84 Å². The lowest BCUT2D eigenvalue weighted by Gasteiger charge is -2.35. The standard InChI is InChI=1S/C16H26N4/c1-13(2)11-19-7-9-20(10-8-19)12-14-5-3-4-6-15(14)16(17)18/h3-6,13H,7-12H2,1-2H3,(H3,17,18). The molecule has 0 aliphatic carbocycles. The summed E-state index contributed by atoms with van der Waals surface area (Å²) in [5.41, 5.74) is 7.69. The highest BCUT2D eigenvalue weighted by atomic mass is 15.3. The molecule has 1 aliphatic heterocycles. The van der Waals surface area contributed by atoms with Gasteiger partial charge in [0.25, 0.3) is 0 Å². The number of nitrogens with one attached hydrogen (secondary N) is 1. The van der Waals surface area contributed by atoms with Crippen molar-refractivity contribution in [3.63, 3.8) is 0 Å². The van der Waals surface area contributed by atoms with E-state index >= 15 is 0 Å².